The summed E-state index contributed by atoms with van der Waals surface area (Å²) >= 11 is 5.72. The maximum absolute atomic E-state index is 12.7. The zero-order valence-corrected chi connectivity index (χ0v) is 13.5. The van der Waals surface area contributed by atoms with E-state index in [1.807, 2.05) is 20.8 Å². The molecule has 0 N–H and O–H groups in total. The van der Waals surface area contributed by atoms with Gasteiger partial charge in [0.15, 0.2) is 0 Å². The molecule has 0 bridgehead atoms. The van der Waals surface area contributed by atoms with E-state index in [9.17, 15) is 8.42 Å². The normalized spacial score (nSPS) is 23.7. The second-order valence-electron chi connectivity index (χ2n) is 5.76. The maximum atomic E-state index is 12.7. The lowest BCUT2D eigenvalue weighted by atomic mass is 10.1. The fraction of sp³-hybridized carbons (Fsp3) is 0.571. The molecule has 1 aliphatic rings. The van der Waals surface area contributed by atoms with Gasteiger partial charge in [-0.05, 0) is 38.5 Å². The Bertz CT molecular complexity index is 569. The predicted octanol–water partition coefficient (Wildman–Crippen LogP) is 2.61. The number of hydrogen-bond donors (Lipinski definition) is 0. The maximum Gasteiger partial charge on any atom is 0.243 e. The number of alkyl halides is 1. The smallest absolute Gasteiger partial charge is 0.243 e. The standard InChI is InChI=1S/C14H20ClNO3S/c1-11-9-16(10-14(2,3)19-11)20(17,18)13-6-4-12(8-15)5-7-13/h4-7,11H,8-10H2,1-3H3. The molecule has 1 aromatic rings. The molecule has 2 rings (SSSR count). The van der Waals surface area contributed by atoms with Crippen molar-refractivity contribution in [2.24, 2.45) is 0 Å². The van der Waals surface area contributed by atoms with E-state index in [-0.39, 0.29) is 6.10 Å². The van der Waals surface area contributed by atoms with Crippen LogP contribution in [0.2, 0.25) is 0 Å². The summed E-state index contributed by atoms with van der Waals surface area (Å²) < 4.78 is 32.6. The van der Waals surface area contributed by atoms with Crippen molar-refractivity contribution in [2.45, 2.75) is 43.3 Å². The summed E-state index contributed by atoms with van der Waals surface area (Å²) in [7, 11) is -3.48. The number of benzene rings is 1. The van der Waals surface area contributed by atoms with Crippen molar-refractivity contribution in [3.8, 4) is 0 Å². The summed E-state index contributed by atoms with van der Waals surface area (Å²) in [6.07, 6.45) is -0.115. The Labute approximate surface area is 125 Å². The first-order chi connectivity index (χ1) is 9.24. The van der Waals surface area contributed by atoms with E-state index in [1.165, 1.54) is 4.31 Å². The number of halogens is 1. The Morgan fingerprint density at radius 1 is 1.35 bits per heavy atom. The average Bonchev–Trinajstić information content (AvgIpc) is 2.36. The highest BCUT2D eigenvalue weighted by molar-refractivity contribution is 7.89. The van der Waals surface area contributed by atoms with Gasteiger partial charge in [-0.15, -0.1) is 11.6 Å². The van der Waals surface area contributed by atoms with Crippen molar-refractivity contribution < 1.29 is 13.2 Å². The summed E-state index contributed by atoms with van der Waals surface area (Å²) in [6.45, 7) is 6.43. The Morgan fingerprint density at radius 3 is 2.45 bits per heavy atom. The molecule has 4 nitrogen and oxygen atoms in total. The van der Waals surface area contributed by atoms with E-state index in [0.29, 0.717) is 23.9 Å². The Kier molecular flexibility index (Phi) is 4.44. The molecule has 1 heterocycles. The van der Waals surface area contributed by atoms with Gasteiger partial charge in [-0.2, -0.15) is 4.31 Å². The van der Waals surface area contributed by atoms with Crippen molar-refractivity contribution in [3.63, 3.8) is 0 Å². The van der Waals surface area contributed by atoms with Gasteiger partial charge in [0, 0.05) is 19.0 Å². The van der Waals surface area contributed by atoms with Crippen LogP contribution in [-0.2, 0) is 20.6 Å². The van der Waals surface area contributed by atoms with Crippen molar-refractivity contribution in [1.82, 2.24) is 4.31 Å². The number of sulfonamides is 1. The lowest BCUT2D eigenvalue weighted by molar-refractivity contribution is -0.109. The van der Waals surface area contributed by atoms with Crippen LogP contribution >= 0.6 is 11.6 Å². The highest BCUT2D eigenvalue weighted by Gasteiger charge is 2.37. The third-order valence-electron chi connectivity index (χ3n) is 3.25. The third-order valence-corrected chi connectivity index (χ3v) is 5.39. The molecule has 1 fully saturated rings. The van der Waals surface area contributed by atoms with E-state index in [0.717, 1.165) is 5.56 Å². The lowest BCUT2D eigenvalue weighted by Gasteiger charge is -2.40. The van der Waals surface area contributed by atoms with Crippen molar-refractivity contribution in [1.29, 1.82) is 0 Å². The molecule has 1 atom stereocenters. The van der Waals surface area contributed by atoms with Gasteiger partial charge in [-0.1, -0.05) is 12.1 Å². The van der Waals surface area contributed by atoms with Gasteiger partial charge in [0.05, 0.1) is 16.6 Å². The van der Waals surface area contributed by atoms with Crippen LogP contribution in [0.15, 0.2) is 29.2 Å². The van der Waals surface area contributed by atoms with Gasteiger partial charge in [-0.25, -0.2) is 8.42 Å². The molecule has 1 aromatic carbocycles. The number of ether oxygens (including phenoxy) is 1. The molecule has 0 amide bonds. The number of nitrogens with zero attached hydrogens (tertiary/aromatic N) is 1. The molecule has 0 aliphatic carbocycles. The first-order valence-electron chi connectivity index (χ1n) is 6.57. The summed E-state index contributed by atoms with van der Waals surface area (Å²) in [6, 6.07) is 6.71. The zero-order valence-electron chi connectivity index (χ0n) is 12.0. The molecule has 0 spiro atoms. The van der Waals surface area contributed by atoms with Gasteiger partial charge in [-0.3, -0.25) is 0 Å². The molecule has 1 saturated heterocycles. The Morgan fingerprint density at radius 2 is 1.95 bits per heavy atom. The minimum atomic E-state index is -3.48. The van der Waals surface area contributed by atoms with E-state index >= 15 is 0 Å². The first kappa shape index (κ1) is 15.8. The highest BCUT2D eigenvalue weighted by Crippen LogP contribution is 2.26. The second-order valence-corrected chi connectivity index (χ2v) is 7.97. The van der Waals surface area contributed by atoms with Crippen LogP contribution in [0.25, 0.3) is 0 Å². The number of morpholine rings is 1. The van der Waals surface area contributed by atoms with Crippen LogP contribution in [0, 0.1) is 0 Å². The van der Waals surface area contributed by atoms with E-state index in [4.69, 9.17) is 16.3 Å². The van der Waals surface area contributed by atoms with Gasteiger partial charge in [0.1, 0.15) is 0 Å². The van der Waals surface area contributed by atoms with E-state index in [2.05, 4.69) is 0 Å². The zero-order chi connectivity index (χ0) is 15.0. The van der Waals surface area contributed by atoms with Crippen molar-refractivity contribution in [3.05, 3.63) is 29.8 Å². The summed E-state index contributed by atoms with van der Waals surface area (Å²) in [4.78, 5) is 0.302. The summed E-state index contributed by atoms with van der Waals surface area (Å²) in [5, 5.41) is 0. The van der Waals surface area contributed by atoms with Gasteiger partial charge >= 0.3 is 0 Å². The molecule has 1 aliphatic heterocycles. The molecular formula is C14H20ClNO3S. The Balaban J connectivity index is 2.29. The first-order valence-corrected chi connectivity index (χ1v) is 8.55. The van der Waals surface area contributed by atoms with Crippen LogP contribution in [-0.4, -0.2) is 37.5 Å². The molecule has 112 valence electrons. The second kappa shape index (κ2) is 5.64. The quantitative estimate of drug-likeness (QED) is 0.805. The molecule has 6 heteroatoms. The molecule has 0 saturated carbocycles. The average molecular weight is 318 g/mol. The van der Waals surface area contributed by atoms with Crippen LogP contribution in [0.5, 0.6) is 0 Å². The van der Waals surface area contributed by atoms with Crippen LogP contribution in [0.1, 0.15) is 26.3 Å². The number of rotatable bonds is 3. The SMILES string of the molecule is CC1CN(S(=O)(=O)c2ccc(CCl)cc2)CC(C)(C)O1. The topological polar surface area (TPSA) is 46.6 Å². The molecule has 0 aromatic heterocycles. The summed E-state index contributed by atoms with van der Waals surface area (Å²) in [5.41, 5.74) is 0.433. The molecule has 20 heavy (non-hydrogen) atoms. The fourth-order valence-corrected chi connectivity index (χ4v) is 4.32. The van der Waals surface area contributed by atoms with E-state index in [1.54, 1.807) is 24.3 Å². The minimum Gasteiger partial charge on any atom is -0.370 e. The predicted molar refractivity (Wildman–Crippen MR) is 79.4 cm³/mol. The van der Waals surface area contributed by atoms with Gasteiger partial charge in [0.25, 0.3) is 0 Å². The third kappa shape index (κ3) is 3.34. The van der Waals surface area contributed by atoms with E-state index < -0.39 is 15.6 Å². The molecular weight excluding hydrogens is 298 g/mol. The van der Waals surface area contributed by atoms with Crippen molar-refractivity contribution in [2.75, 3.05) is 13.1 Å². The monoisotopic (exact) mass is 317 g/mol. The molecule has 1 unspecified atom stereocenters. The van der Waals surface area contributed by atoms with Crippen LogP contribution in [0.4, 0.5) is 0 Å². The molecule has 0 radical (unpaired) electrons. The van der Waals surface area contributed by atoms with Crippen LogP contribution < -0.4 is 0 Å². The largest absolute Gasteiger partial charge is 0.370 e. The van der Waals surface area contributed by atoms with Gasteiger partial charge < -0.3 is 4.74 Å². The minimum absolute atomic E-state index is 0.115. The fourth-order valence-electron chi connectivity index (χ4n) is 2.48. The Hall–Kier alpha value is -0.620. The number of hydrogen-bond acceptors (Lipinski definition) is 3. The van der Waals surface area contributed by atoms with Crippen LogP contribution in [0.3, 0.4) is 0 Å². The van der Waals surface area contributed by atoms with Gasteiger partial charge in [0.2, 0.25) is 10.0 Å². The van der Waals surface area contributed by atoms with Crippen molar-refractivity contribution >= 4 is 21.6 Å². The summed E-state index contributed by atoms with van der Waals surface area (Å²) in [5.74, 6) is 0.377. The lowest BCUT2D eigenvalue weighted by Crippen LogP contribution is -2.53. The highest BCUT2D eigenvalue weighted by atomic mass is 35.5.